The smallest absolute Gasteiger partial charge is 0.0596 e. The summed E-state index contributed by atoms with van der Waals surface area (Å²) in [7, 11) is 2.03. The maximum Gasteiger partial charge on any atom is 0.0596 e. The molecule has 0 fully saturated rings. The maximum atomic E-state index is 5.42. The molecule has 0 bridgehead atoms. The van der Waals surface area contributed by atoms with Crippen molar-refractivity contribution in [3.8, 4) is 0 Å². The first-order chi connectivity index (χ1) is 9.17. The molecule has 1 aromatic rings. The highest BCUT2D eigenvalue weighted by Crippen LogP contribution is 2.09. The average Bonchev–Trinajstić information content (AvgIpc) is 2.69. The first-order valence-electron chi connectivity index (χ1n) is 7.48. The van der Waals surface area contributed by atoms with Crippen LogP contribution in [0, 0.1) is 6.92 Å². The van der Waals surface area contributed by atoms with Gasteiger partial charge in [-0.3, -0.25) is 4.68 Å². The van der Waals surface area contributed by atoms with E-state index < -0.39 is 0 Å². The van der Waals surface area contributed by atoms with Crippen molar-refractivity contribution in [2.45, 2.75) is 52.5 Å². The molecule has 1 rings (SSSR count). The summed E-state index contributed by atoms with van der Waals surface area (Å²) in [6, 6.07) is 2.71. The molecule has 1 aromatic heterocycles. The van der Waals surface area contributed by atoms with Crippen molar-refractivity contribution in [1.29, 1.82) is 0 Å². The second-order valence-electron chi connectivity index (χ2n) is 5.09. The minimum atomic E-state index is 0.523. The molecule has 4 heteroatoms. The lowest BCUT2D eigenvalue weighted by Gasteiger charge is -2.18. The van der Waals surface area contributed by atoms with Gasteiger partial charge in [-0.2, -0.15) is 5.10 Å². The molecule has 1 N–H and O–H groups in total. The van der Waals surface area contributed by atoms with Crippen LogP contribution in [-0.2, 0) is 18.2 Å². The van der Waals surface area contributed by atoms with Crippen molar-refractivity contribution < 1.29 is 4.74 Å². The Labute approximate surface area is 117 Å². The van der Waals surface area contributed by atoms with Gasteiger partial charge in [0.05, 0.1) is 5.69 Å². The van der Waals surface area contributed by atoms with Gasteiger partial charge in [-0.1, -0.05) is 6.92 Å². The standard InChI is InChI=1S/C15H29N3O/c1-5-9-16-14(8-7-10-19-6-2)12-15-11-13(3)17-18(15)4/h11,14,16H,5-10,12H2,1-4H3. The van der Waals surface area contributed by atoms with Gasteiger partial charge >= 0.3 is 0 Å². The van der Waals surface area contributed by atoms with E-state index in [1.807, 2.05) is 25.6 Å². The molecule has 1 heterocycles. The third kappa shape index (κ3) is 6.21. The van der Waals surface area contributed by atoms with Crippen LogP contribution in [0.5, 0.6) is 0 Å². The van der Waals surface area contributed by atoms with Gasteiger partial charge in [0.25, 0.3) is 0 Å². The summed E-state index contributed by atoms with van der Waals surface area (Å²) in [6.45, 7) is 9.06. The Bertz CT molecular complexity index is 349. The minimum absolute atomic E-state index is 0.523. The van der Waals surface area contributed by atoms with Crippen molar-refractivity contribution in [3.63, 3.8) is 0 Å². The van der Waals surface area contributed by atoms with E-state index in [1.165, 1.54) is 12.1 Å². The fourth-order valence-corrected chi connectivity index (χ4v) is 2.31. The van der Waals surface area contributed by atoms with Crippen molar-refractivity contribution in [1.82, 2.24) is 15.1 Å². The summed E-state index contributed by atoms with van der Waals surface area (Å²) >= 11 is 0. The predicted octanol–water partition coefficient (Wildman–Crippen LogP) is 2.46. The molecule has 0 aliphatic carbocycles. The molecule has 0 amide bonds. The Hall–Kier alpha value is -0.870. The molecule has 0 saturated carbocycles. The average molecular weight is 267 g/mol. The van der Waals surface area contributed by atoms with E-state index in [1.54, 1.807) is 0 Å². The van der Waals surface area contributed by atoms with Gasteiger partial charge in [0.15, 0.2) is 0 Å². The van der Waals surface area contributed by atoms with Crippen molar-refractivity contribution in [2.75, 3.05) is 19.8 Å². The fraction of sp³-hybridized carbons (Fsp3) is 0.800. The lowest BCUT2D eigenvalue weighted by atomic mass is 10.1. The molecular weight excluding hydrogens is 238 g/mol. The molecular formula is C15H29N3O. The van der Waals surface area contributed by atoms with Crippen LogP contribution in [0.3, 0.4) is 0 Å². The van der Waals surface area contributed by atoms with Gasteiger partial charge in [0, 0.05) is 38.4 Å². The topological polar surface area (TPSA) is 39.1 Å². The van der Waals surface area contributed by atoms with E-state index in [2.05, 4.69) is 23.4 Å². The lowest BCUT2D eigenvalue weighted by Crippen LogP contribution is -2.32. The maximum absolute atomic E-state index is 5.42. The molecule has 0 saturated heterocycles. The molecule has 1 atom stereocenters. The van der Waals surface area contributed by atoms with Gasteiger partial charge in [0.1, 0.15) is 0 Å². The second-order valence-corrected chi connectivity index (χ2v) is 5.09. The van der Waals surface area contributed by atoms with E-state index in [9.17, 15) is 0 Å². The van der Waals surface area contributed by atoms with Gasteiger partial charge in [0.2, 0.25) is 0 Å². The van der Waals surface area contributed by atoms with E-state index in [0.717, 1.165) is 44.7 Å². The number of nitrogens with one attached hydrogen (secondary N) is 1. The highest BCUT2D eigenvalue weighted by Gasteiger charge is 2.11. The van der Waals surface area contributed by atoms with Gasteiger partial charge in [-0.05, 0) is 45.7 Å². The molecule has 0 aliphatic rings. The van der Waals surface area contributed by atoms with Crippen molar-refractivity contribution in [2.24, 2.45) is 7.05 Å². The summed E-state index contributed by atoms with van der Waals surface area (Å²) in [5.41, 5.74) is 2.41. The third-order valence-electron chi connectivity index (χ3n) is 3.28. The summed E-state index contributed by atoms with van der Waals surface area (Å²) in [5.74, 6) is 0. The molecule has 0 spiro atoms. The Morgan fingerprint density at radius 1 is 1.42 bits per heavy atom. The SMILES string of the molecule is CCCNC(CCCOCC)Cc1cc(C)nn1C. The second kappa shape index (κ2) is 9.10. The van der Waals surface area contributed by atoms with Crippen LogP contribution in [-0.4, -0.2) is 35.6 Å². The summed E-state index contributed by atoms with van der Waals surface area (Å²) in [4.78, 5) is 0. The first-order valence-corrected chi connectivity index (χ1v) is 7.48. The van der Waals surface area contributed by atoms with Crippen LogP contribution >= 0.6 is 0 Å². The monoisotopic (exact) mass is 267 g/mol. The number of hydrogen-bond acceptors (Lipinski definition) is 3. The summed E-state index contributed by atoms with van der Waals surface area (Å²) < 4.78 is 7.42. The first kappa shape index (κ1) is 16.2. The molecule has 110 valence electrons. The zero-order valence-corrected chi connectivity index (χ0v) is 12.9. The van der Waals surface area contributed by atoms with Crippen LogP contribution in [0.2, 0.25) is 0 Å². The highest BCUT2D eigenvalue weighted by atomic mass is 16.5. The molecule has 19 heavy (non-hydrogen) atoms. The van der Waals surface area contributed by atoms with Crippen LogP contribution in [0.25, 0.3) is 0 Å². The van der Waals surface area contributed by atoms with Crippen LogP contribution in [0.1, 0.15) is 44.5 Å². The van der Waals surface area contributed by atoms with Gasteiger partial charge in [-0.15, -0.1) is 0 Å². The van der Waals surface area contributed by atoms with E-state index >= 15 is 0 Å². The minimum Gasteiger partial charge on any atom is -0.382 e. The zero-order chi connectivity index (χ0) is 14.1. The normalized spacial score (nSPS) is 12.8. The van der Waals surface area contributed by atoms with Crippen LogP contribution in [0.15, 0.2) is 6.07 Å². The fourth-order valence-electron chi connectivity index (χ4n) is 2.31. The van der Waals surface area contributed by atoms with Crippen LogP contribution < -0.4 is 5.32 Å². The van der Waals surface area contributed by atoms with E-state index in [-0.39, 0.29) is 0 Å². The van der Waals surface area contributed by atoms with Crippen molar-refractivity contribution >= 4 is 0 Å². The molecule has 1 unspecified atom stereocenters. The zero-order valence-electron chi connectivity index (χ0n) is 12.9. The van der Waals surface area contributed by atoms with E-state index in [0.29, 0.717) is 6.04 Å². The van der Waals surface area contributed by atoms with Gasteiger partial charge in [-0.25, -0.2) is 0 Å². The number of ether oxygens (including phenoxy) is 1. The number of rotatable bonds is 10. The van der Waals surface area contributed by atoms with E-state index in [4.69, 9.17) is 4.74 Å². The van der Waals surface area contributed by atoms with Crippen molar-refractivity contribution in [3.05, 3.63) is 17.5 Å². The Balaban J connectivity index is 2.46. The number of aryl methyl sites for hydroxylation is 2. The Morgan fingerprint density at radius 2 is 2.21 bits per heavy atom. The molecule has 0 aliphatic heterocycles. The molecule has 4 nitrogen and oxygen atoms in total. The molecule has 0 radical (unpaired) electrons. The summed E-state index contributed by atoms with van der Waals surface area (Å²) in [5, 5.41) is 8.05. The lowest BCUT2D eigenvalue weighted by molar-refractivity contribution is 0.140. The third-order valence-corrected chi connectivity index (χ3v) is 3.28. The number of nitrogens with zero attached hydrogens (tertiary/aromatic N) is 2. The predicted molar refractivity (Wildman–Crippen MR) is 79.5 cm³/mol. The Kier molecular flexibility index (Phi) is 7.75. The number of aromatic nitrogens is 2. The van der Waals surface area contributed by atoms with Crippen LogP contribution in [0.4, 0.5) is 0 Å². The Morgan fingerprint density at radius 3 is 2.79 bits per heavy atom. The quantitative estimate of drug-likeness (QED) is 0.662. The molecule has 0 aromatic carbocycles. The highest BCUT2D eigenvalue weighted by molar-refractivity contribution is 5.10. The number of hydrogen-bond donors (Lipinski definition) is 1. The van der Waals surface area contributed by atoms with Gasteiger partial charge < -0.3 is 10.1 Å². The summed E-state index contributed by atoms with van der Waals surface area (Å²) in [6.07, 6.45) is 4.49. The largest absolute Gasteiger partial charge is 0.382 e.